The molecule has 0 saturated carbocycles. The molecule has 1 rings (SSSR count). The Kier molecular flexibility index (Phi) is 8.73. The Morgan fingerprint density at radius 2 is 1.60 bits per heavy atom. The molecule has 116 valence electrons. The number of nitrogens with zero attached hydrogens (tertiary/aromatic N) is 4. The van der Waals surface area contributed by atoms with E-state index >= 15 is 0 Å². The van der Waals surface area contributed by atoms with Gasteiger partial charge in [-0.15, -0.1) is 10.2 Å². The fourth-order valence-corrected chi connectivity index (χ4v) is 2.99. The first-order chi connectivity index (χ1) is 9.73. The minimum absolute atomic E-state index is 0.899. The fourth-order valence-electron chi connectivity index (χ4n) is 2.14. The van der Waals surface area contributed by atoms with E-state index in [-0.39, 0.29) is 0 Å². The van der Waals surface area contributed by atoms with Crippen molar-refractivity contribution in [3.05, 3.63) is 5.01 Å². The first-order valence-corrected chi connectivity index (χ1v) is 8.55. The largest absolute Gasteiger partial charge is 0.360 e. The Morgan fingerprint density at radius 1 is 0.950 bits per heavy atom. The molecule has 1 aromatic heterocycles. The van der Waals surface area contributed by atoms with Crippen LogP contribution >= 0.6 is 11.3 Å². The second kappa shape index (κ2) is 10.1. The zero-order chi connectivity index (χ0) is 14.8. The first kappa shape index (κ1) is 17.3. The molecule has 6 heteroatoms. The van der Waals surface area contributed by atoms with Crippen LogP contribution in [0.15, 0.2) is 0 Å². The number of rotatable bonds is 11. The third-order valence-corrected chi connectivity index (χ3v) is 4.31. The molecule has 0 fully saturated rings. The zero-order valence-electron chi connectivity index (χ0n) is 13.4. The fraction of sp³-hybridized carbons (Fsp3) is 0.857. The van der Waals surface area contributed by atoms with E-state index in [4.69, 9.17) is 0 Å². The molecule has 0 aliphatic heterocycles. The summed E-state index contributed by atoms with van der Waals surface area (Å²) in [5.41, 5.74) is 0. The predicted octanol–water partition coefficient (Wildman–Crippen LogP) is 2.52. The molecule has 0 aliphatic rings. The number of aromatic nitrogens is 2. The van der Waals surface area contributed by atoms with Crippen molar-refractivity contribution < 1.29 is 0 Å². The SMILES string of the molecule is CCNc1nnc(CN(CC)CCCN(CC)CC)s1. The first-order valence-electron chi connectivity index (χ1n) is 7.74. The minimum atomic E-state index is 0.899. The quantitative estimate of drug-likeness (QED) is 0.680. The van der Waals surface area contributed by atoms with Crippen molar-refractivity contribution in [2.45, 2.75) is 40.7 Å². The number of hydrogen-bond donors (Lipinski definition) is 1. The van der Waals surface area contributed by atoms with E-state index < -0.39 is 0 Å². The van der Waals surface area contributed by atoms with Crippen molar-refractivity contribution in [1.29, 1.82) is 0 Å². The van der Waals surface area contributed by atoms with Crippen molar-refractivity contribution in [3.8, 4) is 0 Å². The molecule has 0 saturated heterocycles. The molecule has 0 radical (unpaired) electrons. The summed E-state index contributed by atoms with van der Waals surface area (Å²) >= 11 is 1.66. The molecule has 5 nitrogen and oxygen atoms in total. The number of hydrogen-bond acceptors (Lipinski definition) is 6. The summed E-state index contributed by atoms with van der Waals surface area (Å²) in [5.74, 6) is 0. The maximum Gasteiger partial charge on any atom is 0.205 e. The van der Waals surface area contributed by atoms with E-state index in [0.29, 0.717) is 0 Å². The van der Waals surface area contributed by atoms with Crippen LogP contribution in [0, 0.1) is 0 Å². The Balaban J connectivity index is 2.34. The molecule has 0 spiro atoms. The zero-order valence-corrected chi connectivity index (χ0v) is 14.2. The minimum Gasteiger partial charge on any atom is -0.360 e. The van der Waals surface area contributed by atoms with Crippen molar-refractivity contribution >= 4 is 16.5 Å². The lowest BCUT2D eigenvalue weighted by atomic mass is 10.3. The second-order valence-corrected chi connectivity index (χ2v) is 5.84. The van der Waals surface area contributed by atoms with Gasteiger partial charge in [0.25, 0.3) is 0 Å². The summed E-state index contributed by atoms with van der Waals surface area (Å²) < 4.78 is 0. The van der Waals surface area contributed by atoms with Crippen molar-refractivity contribution in [3.63, 3.8) is 0 Å². The van der Waals surface area contributed by atoms with Gasteiger partial charge in [0.05, 0.1) is 6.54 Å². The van der Waals surface area contributed by atoms with Crippen LogP contribution in [0.2, 0.25) is 0 Å². The lowest BCUT2D eigenvalue weighted by Crippen LogP contribution is -2.29. The van der Waals surface area contributed by atoms with Crippen LogP contribution in [0.25, 0.3) is 0 Å². The Hall–Kier alpha value is -0.720. The van der Waals surface area contributed by atoms with Gasteiger partial charge in [-0.3, -0.25) is 4.90 Å². The van der Waals surface area contributed by atoms with Crippen LogP contribution in [0.4, 0.5) is 5.13 Å². The summed E-state index contributed by atoms with van der Waals surface area (Å²) in [5, 5.41) is 13.6. The third-order valence-electron chi connectivity index (χ3n) is 3.44. The van der Waals surface area contributed by atoms with E-state index in [1.807, 2.05) is 0 Å². The Labute approximate surface area is 127 Å². The van der Waals surface area contributed by atoms with Crippen LogP contribution in [0.3, 0.4) is 0 Å². The van der Waals surface area contributed by atoms with Crippen molar-refractivity contribution in [1.82, 2.24) is 20.0 Å². The van der Waals surface area contributed by atoms with Crippen LogP contribution in [0.1, 0.15) is 39.1 Å². The highest BCUT2D eigenvalue weighted by Gasteiger charge is 2.09. The highest BCUT2D eigenvalue weighted by molar-refractivity contribution is 7.15. The van der Waals surface area contributed by atoms with Crippen LogP contribution < -0.4 is 5.32 Å². The van der Waals surface area contributed by atoms with Crippen molar-refractivity contribution in [2.24, 2.45) is 0 Å². The van der Waals surface area contributed by atoms with Gasteiger partial charge in [0.15, 0.2) is 0 Å². The highest BCUT2D eigenvalue weighted by atomic mass is 32.1. The van der Waals surface area contributed by atoms with Crippen molar-refractivity contribution in [2.75, 3.05) is 44.6 Å². The van der Waals surface area contributed by atoms with E-state index in [2.05, 4.69) is 53.0 Å². The van der Waals surface area contributed by atoms with Crippen LogP contribution in [-0.2, 0) is 6.54 Å². The van der Waals surface area contributed by atoms with Gasteiger partial charge in [-0.1, -0.05) is 32.1 Å². The van der Waals surface area contributed by atoms with Gasteiger partial charge in [0, 0.05) is 6.54 Å². The summed E-state index contributed by atoms with van der Waals surface area (Å²) in [6.07, 6.45) is 1.22. The monoisotopic (exact) mass is 299 g/mol. The van der Waals surface area contributed by atoms with E-state index in [0.717, 1.165) is 49.4 Å². The smallest absolute Gasteiger partial charge is 0.205 e. The third kappa shape index (κ3) is 6.15. The average molecular weight is 299 g/mol. The summed E-state index contributed by atoms with van der Waals surface area (Å²) in [6.45, 7) is 16.2. The molecular formula is C14H29N5S. The van der Waals surface area contributed by atoms with Gasteiger partial charge in [-0.2, -0.15) is 0 Å². The highest BCUT2D eigenvalue weighted by Crippen LogP contribution is 2.16. The standard InChI is InChI=1S/C14H29N5S/c1-5-15-14-17-16-13(20-14)12-19(8-4)11-9-10-18(6-2)7-3/h5-12H2,1-4H3,(H,15,17). The van der Waals surface area contributed by atoms with E-state index in [9.17, 15) is 0 Å². The van der Waals surface area contributed by atoms with E-state index in [1.54, 1.807) is 11.3 Å². The van der Waals surface area contributed by atoms with Gasteiger partial charge in [-0.25, -0.2) is 0 Å². The molecule has 0 unspecified atom stereocenters. The van der Waals surface area contributed by atoms with E-state index in [1.165, 1.54) is 13.0 Å². The molecule has 20 heavy (non-hydrogen) atoms. The van der Waals surface area contributed by atoms with Gasteiger partial charge in [0.2, 0.25) is 5.13 Å². The maximum absolute atomic E-state index is 4.25. The maximum atomic E-state index is 4.25. The molecule has 0 amide bonds. The Morgan fingerprint density at radius 3 is 2.20 bits per heavy atom. The van der Waals surface area contributed by atoms with Gasteiger partial charge in [-0.05, 0) is 46.1 Å². The molecule has 1 N–H and O–H groups in total. The average Bonchev–Trinajstić information content (AvgIpc) is 2.90. The molecule has 1 aromatic rings. The molecule has 0 bridgehead atoms. The van der Waals surface area contributed by atoms with Gasteiger partial charge < -0.3 is 10.2 Å². The molecule has 0 aliphatic carbocycles. The molecular weight excluding hydrogens is 270 g/mol. The predicted molar refractivity (Wildman–Crippen MR) is 87.4 cm³/mol. The summed E-state index contributed by atoms with van der Waals surface area (Å²) in [7, 11) is 0. The second-order valence-electron chi connectivity index (χ2n) is 4.78. The molecule has 1 heterocycles. The lowest BCUT2D eigenvalue weighted by Gasteiger charge is -2.22. The lowest BCUT2D eigenvalue weighted by molar-refractivity contribution is 0.238. The topological polar surface area (TPSA) is 44.3 Å². The summed E-state index contributed by atoms with van der Waals surface area (Å²) in [6, 6.07) is 0. The summed E-state index contributed by atoms with van der Waals surface area (Å²) in [4.78, 5) is 4.92. The van der Waals surface area contributed by atoms with Crippen LogP contribution in [0.5, 0.6) is 0 Å². The Bertz CT molecular complexity index is 351. The van der Waals surface area contributed by atoms with Gasteiger partial charge in [0.1, 0.15) is 5.01 Å². The molecule has 0 atom stereocenters. The van der Waals surface area contributed by atoms with Gasteiger partial charge >= 0.3 is 0 Å². The number of anilines is 1. The normalized spacial score (nSPS) is 11.5. The number of nitrogens with one attached hydrogen (secondary N) is 1. The molecule has 0 aromatic carbocycles. The van der Waals surface area contributed by atoms with Crippen LogP contribution in [-0.4, -0.2) is 59.3 Å².